The summed E-state index contributed by atoms with van der Waals surface area (Å²) in [6, 6.07) is 9.11. The van der Waals surface area contributed by atoms with Gasteiger partial charge in [0, 0.05) is 7.11 Å². The average molecular weight is 408 g/mol. The van der Waals surface area contributed by atoms with Crippen LogP contribution in [-0.2, 0) is 36.3 Å². The highest BCUT2D eigenvalue weighted by Gasteiger charge is 2.50. The van der Waals surface area contributed by atoms with Gasteiger partial charge in [0.2, 0.25) is 0 Å². The predicted octanol–water partition coefficient (Wildman–Crippen LogP) is 1.39. The van der Waals surface area contributed by atoms with E-state index in [1.165, 1.54) is 14.0 Å². The van der Waals surface area contributed by atoms with Gasteiger partial charge in [0.25, 0.3) is 20.2 Å². The molecule has 0 aliphatic heterocycles. The Morgan fingerprint density at radius 3 is 2.23 bits per heavy atom. The van der Waals surface area contributed by atoms with E-state index in [9.17, 15) is 21.4 Å². The van der Waals surface area contributed by atoms with Crippen LogP contribution >= 0.6 is 0 Å². The van der Waals surface area contributed by atoms with Crippen LogP contribution in [-0.4, -0.2) is 56.3 Å². The second-order valence-electron chi connectivity index (χ2n) is 6.62. The molecule has 0 amide bonds. The molecule has 1 aromatic rings. The van der Waals surface area contributed by atoms with Crippen molar-refractivity contribution in [3.63, 3.8) is 0 Å². The van der Waals surface area contributed by atoms with Crippen molar-refractivity contribution in [1.82, 2.24) is 0 Å². The van der Waals surface area contributed by atoms with Gasteiger partial charge < -0.3 is 9.47 Å². The lowest BCUT2D eigenvalue weighted by atomic mass is 9.77. The van der Waals surface area contributed by atoms with Crippen LogP contribution in [0.3, 0.4) is 0 Å². The summed E-state index contributed by atoms with van der Waals surface area (Å²) in [7, 11) is -7.48. The first-order chi connectivity index (χ1) is 12.0. The number of methoxy groups -OCH3 is 1. The van der Waals surface area contributed by atoms with Gasteiger partial charge >= 0.3 is 0 Å². The molecule has 0 radical (unpaired) electrons. The van der Waals surface area contributed by atoms with Crippen molar-refractivity contribution in [3.05, 3.63) is 35.9 Å². The van der Waals surface area contributed by atoms with Gasteiger partial charge in [-0.2, -0.15) is 16.8 Å². The SMILES string of the molecule is COC1CC(CS(=O)(=O)O)C(C)C(S(=O)(=O)O)C1OCc1ccccc1. The summed E-state index contributed by atoms with van der Waals surface area (Å²) < 4.78 is 76.5. The lowest BCUT2D eigenvalue weighted by Gasteiger charge is -2.43. The maximum Gasteiger partial charge on any atom is 0.270 e. The predicted molar refractivity (Wildman–Crippen MR) is 94.8 cm³/mol. The van der Waals surface area contributed by atoms with Crippen molar-refractivity contribution < 1.29 is 35.4 Å². The third-order valence-corrected chi connectivity index (χ3v) is 7.08. The minimum Gasteiger partial charge on any atom is -0.379 e. The van der Waals surface area contributed by atoms with E-state index >= 15 is 0 Å². The minimum atomic E-state index is -4.54. The smallest absolute Gasteiger partial charge is 0.270 e. The molecule has 0 bridgehead atoms. The van der Waals surface area contributed by atoms with Crippen molar-refractivity contribution in [3.8, 4) is 0 Å². The first-order valence-corrected chi connectivity index (χ1v) is 11.2. The Bertz CT molecular complexity index is 791. The molecule has 10 heteroatoms. The zero-order valence-electron chi connectivity index (χ0n) is 14.6. The number of hydrogen-bond donors (Lipinski definition) is 2. The van der Waals surface area contributed by atoms with Gasteiger partial charge in [-0.05, 0) is 23.8 Å². The molecule has 1 aliphatic rings. The standard InChI is InChI=1S/C16H24O8S2/c1-11-13(10-25(17,18)19)8-14(23-2)15(16(11)26(20,21)22)24-9-12-6-4-3-5-7-12/h3-7,11,13-16H,8-10H2,1-2H3,(H,17,18,19)(H,20,21,22). The Balaban J connectivity index is 2.29. The molecule has 0 heterocycles. The van der Waals surface area contributed by atoms with E-state index in [4.69, 9.17) is 14.0 Å². The Hall–Kier alpha value is -1.04. The fourth-order valence-corrected chi connectivity index (χ4v) is 5.89. The molecule has 2 N–H and O–H groups in total. The number of ether oxygens (including phenoxy) is 2. The number of hydrogen-bond acceptors (Lipinski definition) is 6. The van der Waals surface area contributed by atoms with E-state index < -0.39 is 55.3 Å². The zero-order valence-corrected chi connectivity index (χ0v) is 16.2. The normalized spacial score (nSPS) is 30.2. The Morgan fingerprint density at radius 1 is 1.12 bits per heavy atom. The molecule has 1 fully saturated rings. The topological polar surface area (TPSA) is 127 Å². The Morgan fingerprint density at radius 2 is 1.73 bits per heavy atom. The average Bonchev–Trinajstić information content (AvgIpc) is 2.53. The summed E-state index contributed by atoms with van der Waals surface area (Å²) in [5.74, 6) is -2.05. The first kappa shape index (κ1) is 21.3. The van der Waals surface area contributed by atoms with Crippen molar-refractivity contribution >= 4 is 20.2 Å². The monoisotopic (exact) mass is 408 g/mol. The van der Waals surface area contributed by atoms with Gasteiger partial charge in [0.1, 0.15) is 11.4 Å². The lowest BCUT2D eigenvalue weighted by molar-refractivity contribution is -0.102. The third-order valence-electron chi connectivity index (χ3n) is 4.84. The molecule has 148 valence electrons. The van der Waals surface area contributed by atoms with Gasteiger partial charge in [-0.1, -0.05) is 37.3 Å². The maximum atomic E-state index is 12.0. The molecule has 26 heavy (non-hydrogen) atoms. The molecule has 0 saturated heterocycles. The summed E-state index contributed by atoms with van der Waals surface area (Å²) in [5, 5.41) is -1.36. The molecule has 0 spiro atoms. The maximum absolute atomic E-state index is 12.0. The fraction of sp³-hybridized carbons (Fsp3) is 0.625. The molecule has 1 aromatic carbocycles. The van der Waals surface area contributed by atoms with E-state index in [2.05, 4.69) is 0 Å². The first-order valence-electron chi connectivity index (χ1n) is 8.12. The fourth-order valence-electron chi connectivity index (χ4n) is 3.56. The molecule has 8 nitrogen and oxygen atoms in total. The van der Waals surface area contributed by atoms with Crippen LogP contribution in [0.25, 0.3) is 0 Å². The van der Waals surface area contributed by atoms with Crippen LogP contribution in [0, 0.1) is 11.8 Å². The molecule has 5 atom stereocenters. The van der Waals surface area contributed by atoms with Gasteiger partial charge in [-0.25, -0.2) is 0 Å². The summed E-state index contributed by atoms with van der Waals surface area (Å²) in [6.07, 6.45) is -1.53. The number of rotatable bonds is 7. The van der Waals surface area contributed by atoms with E-state index in [1.807, 2.05) is 30.3 Å². The summed E-state index contributed by atoms with van der Waals surface area (Å²) in [6.45, 7) is 1.64. The second kappa shape index (κ2) is 8.32. The lowest BCUT2D eigenvalue weighted by Crippen LogP contribution is -2.55. The molecule has 5 unspecified atom stereocenters. The molecular weight excluding hydrogens is 384 g/mol. The van der Waals surface area contributed by atoms with Crippen LogP contribution in [0.4, 0.5) is 0 Å². The molecule has 0 aromatic heterocycles. The van der Waals surface area contributed by atoms with E-state index in [0.717, 1.165) is 5.56 Å². The van der Waals surface area contributed by atoms with Crippen molar-refractivity contribution in [2.45, 2.75) is 37.4 Å². The minimum absolute atomic E-state index is 0.118. The Labute approximate surface area is 154 Å². The van der Waals surface area contributed by atoms with Crippen LogP contribution < -0.4 is 0 Å². The quantitative estimate of drug-likeness (QED) is 0.648. The van der Waals surface area contributed by atoms with Gasteiger partial charge in [-0.3, -0.25) is 9.11 Å². The molecule has 2 rings (SSSR count). The van der Waals surface area contributed by atoms with Crippen molar-refractivity contribution in [1.29, 1.82) is 0 Å². The van der Waals surface area contributed by atoms with E-state index in [1.54, 1.807) is 0 Å². The summed E-state index contributed by atoms with van der Waals surface area (Å²) in [5.41, 5.74) is 0.823. The van der Waals surface area contributed by atoms with Crippen molar-refractivity contribution in [2.24, 2.45) is 11.8 Å². The second-order valence-corrected chi connectivity index (χ2v) is 9.69. The zero-order chi connectivity index (χ0) is 19.5. The summed E-state index contributed by atoms with van der Waals surface area (Å²) >= 11 is 0. The van der Waals surface area contributed by atoms with Gasteiger partial charge in [-0.15, -0.1) is 0 Å². The Kier molecular flexibility index (Phi) is 6.81. The summed E-state index contributed by atoms with van der Waals surface area (Å²) in [4.78, 5) is 0. The third kappa shape index (κ3) is 5.48. The largest absolute Gasteiger partial charge is 0.379 e. The van der Waals surface area contributed by atoms with Crippen LogP contribution in [0.5, 0.6) is 0 Å². The highest BCUT2D eigenvalue weighted by atomic mass is 32.2. The van der Waals surface area contributed by atoms with E-state index in [-0.39, 0.29) is 13.0 Å². The van der Waals surface area contributed by atoms with Crippen molar-refractivity contribution in [2.75, 3.05) is 12.9 Å². The van der Waals surface area contributed by atoms with Crippen LogP contribution in [0.2, 0.25) is 0 Å². The molecule has 1 saturated carbocycles. The molecular formula is C16H24O8S2. The van der Waals surface area contributed by atoms with E-state index in [0.29, 0.717) is 0 Å². The molecule has 1 aliphatic carbocycles. The highest BCUT2D eigenvalue weighted by Crippen LogP contribution is 2.38. The van der Waals surface area contributed by atoms with Crippen LogP contribution in [0.15, 0.2) is 30.3 Å². The van der Waals surface area contributed by atoms with Crippen LogP contribution in [0.1, 0.15) is 18.9 Å². The highest BCUT2D eigenvalue weighted by molar-refractivity contribution is 7.86. The number of benzene rings is 1. The van der Waals surface area contributed by atoms with Gasteiger partial charge in [0.15, 0.2) is 0 Å². The van der Waals surface area contributed by atoms with Gasteiger partial charge in [0.05, 0.1) is 18.5 Å².